The second kappa shape index (κ2) is 4.82. The van der Waals surface area contributed by atoms with Crippen molar-refractivity contribution in [3.05, 3.63) is 42.1 Å². The summed E-state index contributed by atoms with van der Waals surface area (Å²) in [5.74, 6) is -0.306. The van der Waals surface area contributed by atoms with Crippen molar-refractivity contribution in [3.63, 3.8) is 0 Å². The molecule has 4 heteroatoms. The fraction of sp³-hybridized carbons (Fsp3) is 0.231. The summed E-state index contributed by atoms with van der Waals surface area (Å²) in [6.45, 7) is 2.54. The lowest BCUT2D eigenvalue weighted by molar-refractivity contribution is -0.118. The van der Waals surface area contributed by atoms with Crippen LogP contribution in [0.25, 0.3) is 11.3 Å². The summed E-state index contributed by atoms with van der Waals surface area (Å²) < 4.78 is 1.77. The average molecular weight is 229 g/mol. The lowest BCUT2D eigenvalue weighted by Crippen LogP contribution is -2.14. The van der Waals surface area contributed by atoms with Crippen LogP contribution in [0.15, 0.2) is 36.5 Å². The molecule has 88 valence electrons. The Kier molecular flexibility index (Phi) is 3.23. The number of hydrogen-bond acceptors (Lipinski definition) is 2. The Balaban J connectivity index is 2.22. The van der Waals surface area contributed by atoms with Gasteiger partial charge in [-0.25, -0.2) is 0 Å². The molecule has 0 fully saturated rings. The van der Waals surface area contributed by atoms with Crippen molar-refractivity contribution in [2.75, 3.05) is 0 Å². The zero-order valence-electron chi connectivity index (χ0n) is 9.76. The smallest absolute Gasteiger partial charge is 0.219 e. The first-order chi connectivity index (χ1) is 8.16. The van der Waals surface area contributed by atoms with Crippen LogP contribution in [-0.2, 0) is 11.3 Å². The van der Waals surface area contributed by atoms with Crippen LogP contribution in [-0.4, -0.2) is 15.7 Å². The molecule has 0 radical (unpaired) electrons. The van der Waals surface area contributed by atoms with E-state index >= 15 is 0 Å². The Hall–Kier alpha value is -2.10. The number of hydrogen-bond donors (Lipinski definition) is 1. The minimum absolute atomic E-state index is 0.306. The molecule has 0 bridgehead atoms. The number of nitrogens with two attached hydrogens (primary N) is 1. The molecule has 0 unspecified atom stereocenters. The number of primary amides is 1. The summed E-state index contributed by atoms with van der Waals surface area (Å²) in [6.07, 6.45) is 2.25. The van der Waals surface area contributed by atoms with Crippen LogP contribution >= 0.6 is 0 Å². The van der Waals surface area contributed by atoms with Gasteiger partial charge in [0.25, 0.3) is 0 Å². The zero-order valence-corrected chi connectivity index (χ0v) is 9.76. The average Bonchev–Trinajstić information content (AvgIpc) is 2.69. The fourth-order valence-electron chi connectivity index (χ4n) is 1.74. The van der Waals surface area contributed by atoms with Crippen LogP contribution in [0.5, 0.6) is 0 Å². The molecule has 2 aromatic rings. The van der Waals surface area contributed by atoms with Gasteiger partial charge in [0.05, 0.1) is 5.69 Å². The normalized spacial score (nSPS) is 10.4. The maximum atomic E-state index is 10.7. The Morgan fingerprint density at radius 1 is 1.35 bits per heavy atom. The van der Waals surface area contributed by atoms with Gasteiger partial charge < -0.3 is 5.73 Å². The maximum Gasteiger partial charge on any atom is 0.219 e. The first-order valence-corrected chi connectivity index (χ1v) is 5.54. The van der Waals surface area contributed by atoms with E-state index in [0.29, 0.717) is 13.0 Å². The van der Waals surface area contributed by atoms with Crippen molar-refractivity contribution in [2.24, 2.45) is 5.73 Å². The fourth-order valence-corrected chi connectivity index (χ4v) is 1.74. The Labute approximate surface area is 100 Å². The molecule has 0 aliphatic heterocycles. The van der Waals surface area contributed by atoms with Crippen molar-refractivity contribution in [3.8, 4) is 11.3 Å². The SMILES string of the molecule is Cc1cn(CCC(N)=O)nc1-c1ccccc1. The number of amides is 1. The van der Waals surface area contributed by atoms with E-state index in [9.17, 15) is 4.79 Å². The second-order valence-electron chi connectivity index (χ2n) is 4.01. The van der Waals surface area contributed by atoms with Gasteiger partial charge in [0.2, 0.25) is 5.91 Å². The molecular weight excluding hydrogens is 214 g/mol. The first kappa shape index (κ1) is 11.4. The highest BCUT2D eigenvalue weighted by molar-refractivity contribution is 5.73. The van der Waals surface area contributed by atoms with Gasteiger partial charge >= 0.3 is 0 Å². The number of carbonyl (C=O) groups is 1. The molecule has 1 amide bonds. The first-order valence-electron chi connectivity index (χ1n) is 5.54. The predicted octanol–water partition coefficient (Wildman–Crippen LogP) is 1.73. The number of aryl methyl sites for hydroxylation is 2. The van der Waals surface area contributed by atoms with Gasteiger partial charge in [-0.3, -0.25) is 9.48 Å². The summed E-state index contributed by atoms with van der Waals surface area (Å²) in [5.41, 5.74) is 8.25. The van der Waals surface area contributed by atoms with Crippen LogP contribution in [0, 0.1) is 6.92 Å². The monoisotopic (exact) mass is 229 g/mol. The van der Waals surface area contributed by atoms with Crippen molar-refractivity contribution in [1.29, 1.82) is 0 Å². The van der Waals surface area contributed by atoms with E-state index in [1.54, 1.807) is 4.68 Å². The molecular formula is C13H15N3O. The summed E-state index contributed by atoms with van der Waals surface area (Å²) in [5, 5.41) is 4.46. The standard InChI is InChI=1S/C13H15N3O/c1-10-9-16(8-7-12(14)17)15-13(10)11-5-3-2-4-6-11/h2-6,9H,7-8H2,1H3,(H2,14,17). The van der Waals surface area contributed by atoms with Gasteiger partial charge in [-0.1, -0.05) is 30.3 Å². The van der Waals surface area contributed by atoms with Gasteiger partial charge in [-0.2, -0.15) is 5.10 Å². The third-order valence-electron chi connectivity index (χ3n) is 2.58. The molecule has 1 aromatic heterocycles. The predicted molar refractivity (Wildman–Crippen MR) is 66.2 cm³/mol. The zero-order chi connectivity index (χ0) is 12.3. The van der Waals surface area contributed by atoms with Crippen molar-refractivity contribution >= 4 is 5.91 Å². The number of carbonyl (C=O) groups excluding carboxylic acids is 1. The lowest BCUT2D eigenvalue weighted by atomic mass is 10.1. The molecule has 1 heterocycles. The summed E-state index contributed by atoms with van der Waals surface area (Å²) >= 11 is 0. The van der Waals surface area contributed by atoms with Crippen LogP contribution < -0.4 is 5.73 Å². The quantitative estimate of drug-likeness (QED) is 0.868. The highest BCUT2D eigenvalue weighted by Gasteiger charge is 2.07. The van der Waals surface area contributed by atoms with Gasteiger partial charge in [0.15, 0.2) is 0 Å². The molecule has 2 N–H and O–H groups in total. The Bertz CT molecular complexity index is 517. The van der Waals surface area contributed by atoms with Crippen LogP contribution in [0.4, 0.5) is 0 Å². The van der Waals surface area contributed by atoms with Crippen LogP contribution in [0.1, 0.15) is 12.0 Å². The number of rotatable bonds is 4. The lowest BCUT2D eigenvalue weighted by Gasteiger charge is -1.98. The van der Waals surface area contributed by atoms with Gasteiger partial charge in [-0.05, 0) is 12.5 Å². The highest BCUT2D eigenvalue weighted by Crippen LogP contribution is 2.20. The molecule has 4 nitrogen and oxygen atoms in total. The van der Waals surface area contributed by atoms with E-state index < -0.39 is 0 Å². The molecule has 0 aliphatic carbocycles. The summed E-state index contributed by atoms with van der Waals surface area (Å²) in [4.78, 5) is 10.7. The van der Waals surface area contributed by atoms with Gasteiger partial charge in [0, 0.05) is 24.7 Å². The van der Waals surface area contributed by atoms with Crippen LogP contribution in [0.2, 0.25) is 0 Å². The van der Waals surface area contributed by atoms with E-state index in [1.807, 2.05) is 43.5 Å². The molecule has 17 heavy (non-hydrogen) atoms. The molecule has 0 spiro atoms. The van der Waals surface area contributed by atoms with Crippen molar-refractivity contribution in [1.82, 2.24) is 9.78 Å². The van der Waals surface area contributed by atoms with E-state index in [1.165, 1.54) is 0 Å². The van der Waals surface area contributed by atoms with E-state index in [4.69, 9.17) is 5.73 Å². The number of aromatic nitrogens is 2. The molecule has 2 rings (SSSR count). The molecule has 0 saturated carbocycles. The molecule has 0 aliphatic rings. The van der Waals surface area contributed by atoms with Gasteiger partial charge in [-0.15, -0.1) is 0 Å². The van der Waals surface area contributed by atoms with E-state index in [-0.39, 0.29) is 5.91 Å². The van der Waals surface area contributed by atoms with E-state index in [0.717, 1.165) is 16.8 Å². The molecule has 0 saturated heterocycles. The van der Waals surface area contributed by atoms with Crippen molar-refractivity contribution in [2.45, 2.75) is 19.9 Å². The van der Waals surface area contributed by atoms with Crippen LogP contribution in [0.3, 0.4) is 0 Å². The Morgan fingerprint density at radius 2 is 2.06 bits per heavy atom. The third-order valence-corrected chi connectivity index (χ3v) is 2.58. The minimum atomic E-state index is -0.306. The maximum absolute atomic E-state index is 10.7. The van der Waals surface area contributed by atoms with Crippen molar-refractivity contribution < 1.29 is 4.79 Å². The van der Waals surface area contributed by atoms with Gasteiger partial charge in [0.1, 0.15) is 0 Å². The molecule has 0 atom stereocenters. The Morgan fingerprint density at radius 3 is 2.71 bits per heavy atom. The summed E-state index contributed by atoms with van der Waals surface area (Å²) in [6, 6.07) is 9.98. The topological polar surface area (TPSA) is 60.9 Å². The minimum Gasteiger partial charge on any atom is -0.370 e. The highest BCUT2D eigenvalue weighted by atomic mass is 16.1. The summed E-state index contributed by atoms with van der Waals surface area (Å²) in [7, 11) is 0. The number of benzene rings is 1. The second-order valence-corrected chi connectivity index (χ2v) is 4.01. The number of nitrogens with zero attached hydrogens (tertiary/aromatic N) is 2. The molecule has 1 aromatic carbocycles. The third kappa shape index (κ3) is 2.72. The largest absolute Gasteiger partial charge is 0.370 e. The van der Waals surface area contributed by atoms with E-state index in [2.05, 4.69) is 5.10 Å².